The third-order valence-corrected chi connectivity index (χ3v) is 2.97. The van der Waals surface area contributed by atoms with Crippen molar-refractivity contribution < 1.29 is 9.59 Å². The van der Waals surface area contributed by atoms with Gasteiger partial charge in [-0.3, -0.25) is 9.59 Å². The number of rotatable bonds is 4. The summed E-state index contributed by atoms with van der Waals surface area (Å²) in [5.41, 5.74) is 0.663. The molecule has 86 valence electrons. The Morgan fingerprint density at radius 2 is 2.25 bits per heavy atom. The lowest BCUT2D eigenvalue weighted by Crippen LogP contribution is -2.21. The fraction of sp³-hybridized carbons (Fsp3) is 0.273. The molecule has 2 amide bonds. The van der Waals surface area contributed by atoms with Crippen molar-refractivity contribution >= 4 is 28.8 Å². The van der Waals surface area contributed by atoms with E-state index in [4.69, 9.17) is 0 Å². The van der Waals surface area contributed by atoms with Gasteiger partial charge >= 0.3 is 0 Å². The van der Waals surface area contributed by atoms with Crippen LogP contribution >= 0.6 is 11.3 Å². The van der Waals surface area contributed by atoms with E-state index in [9.17, 15) is 9.59 Å². The van der Waals surface area contributed by atoms with Gasteiger partial charge < -0.3 is 10.6 Å². The summed E-state index contributed by atoms with van der Waals surface area (Å²) in [5.74, 6) is -0.391. The van der Waals surface area contributed by atoms with Crippen LogP contribution < -0.4 is 10.6 Å². The van der Waals surface area contributed by atoms with E-state index >= 15 is 0 Å². The van der Waals surface area contributed by atoms with Gasteiger partial charge in [0.05, 0.1) is 10.6 Å². The van der Waals surface area contributed by atoms with Crippen molar-refractivity contribution in [3.63, 3.8) is 0 Å². The first-order valence-corrected chi connectivity index (χ1v) is 5.72. The molecule has 0 spiro atoms. The summed E-state index contributed by atoms with van der Waals surface area (Å²) in [5, 5.41) is 5.36. The minimum absolute atomic E-state index is 0.116. The standard InChI is InChI=1S/C11H14N2O2S/c1-4-10(14)13-8-6-9(16-7(8)3)11(15)12-5-2/h4,6H,1,5H2,2-3H3,(H,12,15)(H,13,14). The minimum atomic E-state index is -0.275. The molecule has 4 nitrogen and oxygen atoms in total. The van der Waals surface area contributed by atoms with Gasteiger partial charge in [-0.2, -0.15) is 0 Å². The smallest absolute Gasteiger partial charge is 0.261 e. The average molecular weight is 238 g/mol. The highest BCUT2D eigenvalue weighted by atomic mass is 32.1. The van der Waals surface area contributed by atoms with Crippen LogP contribution in [-0.4, -0.2) is 18.4 Å². The monoisotopic (exact) mass is 238 g/mol. The van der Waals surface area contributed by atoms with E-state index in [1.807, 2.05) is 13.8 Å². The van der Waals surface area contributed by atoms with Crippen LogP contribution in [0.1, 0.15) is 21.5 Å². The van der Waals surface area contributed by atoms with Crippen LogP contribution in [0.25, 0.3) is 0 Å². The molecule has 1 heterocycles. The maximum atomic E-state index is 11.5. The topological polar surface area (TPSA) is 58.2 Å². The molecule has 0 aliphatic rings. The predicted molar refractivity (Wildman–Crippen MR) is 65.9 cm³/mol. The SMILES string of the molecule is C=CC(=O)Nc1cc(C(=O)NCC)sc1C. The second-order valence-electron chi connectivity index (χ2n) is 3.13. The molecule has 0 saturated carbocycles. The number of amides is 2. The number of carbonyl (C=O) groups excluding carboxylic acids is 2. The van der Waals surface area contributed by atoms with Crippen LogP contribution in [0.3, 0.4) is 0 Å². The van der Waals surface area contributed by atoms with Crippen LogP contribution in [0.15, 0.2) is 18.7 Å². The molecule has 2 N–H and O–H groups in total. The van der Waals surface area contributed by atoms with Crippen LogP contribution in [0.5, 0.6) is 0 Å². The number of thiophene rings is 1. The molecule has 0 fully saturated rings. The summed E-state index contributed by atoms with van der Waals surface area (Å²) in [7, 11) is 0. The number of nitrogens with one attached hydrogen (secondary N) is 2. The Hall–Kier alpha value is -1.62. The molecule has 1 aromatic heterocycles. The van der Waals surface area contributed by atoms with Crippen molar-refractivity contribution in [1.29, 1.82) is 0 Å². The second kappa shape index (κ2) is 5.46. The number of aryl methyl sites for hydroxylation is 1. The zero-order chi connectivity index (χ0) is 12.1. The Kier molecular flexibility index (Phi) is 4.25. The Bertz CT molecular complexity index is 424. The Balaban J connectivity index is 2.85. The summed E-state index contributed by atoms with van der Waals surface area (Å²) >= 11 is 1.35. The zero-order valence-corrected chi connectivity index (χ0v) is 10.1. The van der Waals surface area contributed by atoms with Gasteiger partial charge in [0.2, 0.25) is 5.91 Å². The minimum Gasteiger partial charge on any atom is -0.352 e. The van der Waals surface area contributed by atoms with Crippen molar-refractivity contribution in [3.05, 3.63) is 28.5 Å². The van der Waals surface area contributed by atoms with Crippen LogP contribution in [-0.2, 0) is 4.79 Å². The molecule has 0 bridgehead atoms. The highest BCUT2D eigenvalue weighted by Gasteiger charge is 2.12. The van der Waals surface area contributed by atoms with Crippen molar-refractivity contribution in [3.8, 4) is 0 Å². The van der Waals surface area contributed by atoms with Crippen LogP contribution in [0.2, 0.25) is 0 Å². The lowest BCUT2D eigenvalue weighted by Gasteiger charge is -1.98. The number of hydrogen-bond donors (Lipinski definition) is 2. The number of anilines is 1. The summed E-state index contributed by atoms with van der Waals surface area (Å²) in [6.45, 7) is 7.67. The molecule has 16 heavy (non-hydrogen) atoms. The van der Waals surface area contributed by atoms with E-state index in [0.717, 1.165) is 4.88 Å². The molecular formula is C11H14N2O2S. The first-order valence-electron chi connectivity index (χ1n) is 4.90. The quantitative estimate of drug-likeness (QED) is 0.787. The van der Waals surface area contributed by atoms with Crippen molar-refractivity contribution in [2.75, 3.05) is 11.9 Å². The van der Waals surface area contributed by atoms with Gasteiger partial charge in [0, 0.05) is 11.4 Å². The second-order valence-corrected chi connectivity index (χ2v) is 4.39. The first kappa shape index (κ1) is 12.4. The summed E-state index contributed by atoms with van der Waals surface area (Å²) in [6, 6.07) is 1.67. The predicted octanol–water partition coefficient (Wildman–Crippen LogP) is 1.93. The van der Waals surface area contributed by atoms with E-state index in [-0.39, 0.29) is 11.8 Å². The molecule has 0 atom stereocenters. The van der Waals surface area contributed by atoms with Crippen LogP contribution in [0, 0.1) is 6.92 Å². The Morgan fingerprint density at radius 1 is 1.56 bits per heavy atom. The lowest BCUT2D eigenvalue weighted by atomic mass is 10.3. The van der Waals surface area contributed by atoms with Gasteiger partial charge in [0.25, 0.3) is 5.91 Å². The van der Waals surface area contributed by atoms with E-state index in [1.165, 1.54) is 17.4 Å². The number of carbonyl (C=O) groups is 2. The first-order chi connectivity index (χ1) is 7.58. The molecule has 1 rings (SSSR count). The van der Waals surface area contributed by atoms with Crippen molar-refractivity contribution in [2.24, 2.45) is 0 Å². The third-order valence-electron chi connectivity index (χ3n) is 1.92. The normalized spacial score (nSPS) is 9.62. The van der Waals surface area contributed by atoms with Crippen molar-refractivity contribution in [2.45, 2.75) is 13.8 Å². The van der Waals surface area contributed by atoms with Gasteiger partial charge in [-0.15, -0.1) is 11.3 Å². The fourth-order valence-corrected chi connectivity index (χ4v) is 2.04. The summed E-state index contributed by atoms with van der Waals surface area (Å²) in [4.78, 5) is 24.1. The summed E-state index contributed by atoms with van der Waals surface area (Å²) < 4.78 is 0. The van der Waals surface area contributed by atoms with Gasteiger partial charge in [-0.1, -0.05) is 6.58 Å². The molecular weight excluding hydrogens is 224 g/mol. The molecule has 0 radical (unpaired) electrons. The molecule has 0 saturated heterocycles. The molecule has 0 aromatic carbocycles. The van der Waals surface area contributed by atoms with Gasteiger partial charge in [-0.25, -0.2) is 0 Å². The molecule has 0 aliphatic heterocycles. The molecule has 1 aromatic rings. The largest absolute Gasteiger partial charge is 0.352 e. The Labute approximate surface area is 98.4 Å². The van der Waals surface area contributed by atoms with E-state index in [0.29, 0.717) is 17.1 Å². The maximum Gasteiger partial charge on any atom is 0.261 e. The van der Waals surface area contributed by atoms with E-state index in [1.54, 1.807) is 6.07 Å². The van der Waals surface area contributed by atoms with Crippen molar-refractivity contribution in [1.82, 2.24) is 5.32 Å². The molecule has 5 heteroatoms. The van der Waals surface area contributed by atoms with E-state index in [2.05, 4.69) is 17.2 Å². The van der Waals surface area contributed by atoms with Gasteiger partial charge in [0.15, 0.2) is 0 Å². The zero-order valence-electron chi connectivity index (χ0n) is 9.29. The molecule has 0 aliphatic carbocycles. The van der Waals surface area contributed by atoms with Gasteiger partial charge in [0.1, 0.15) is 0 Å². The fourth-order valence-electron chi connectivity index (χ4n) is 1.15. The Morgan fingerprint density at radius 3 is 2.81 bits per heavy atom. The maximum absolute atomic E-state index is 11.5. The van der Waals surface area contributed by atoms with Gasteiger partial charge in [-0.05, 0) is 26.0 Å². The highest BCUT2D eigenvalue weighted by Crippen LogP contribution is 2.26. The summed E-state index contributed by atoms with van der Waals surface area (Å²) in [6.07, 6.45) is 1.20. The van der Waals surface area contributed by atoms with Crippen LogP contribution in [0.4, 0.5) is 5.69 Å². The average Bonchev–Trinajstić information content (AvgIpc) is 2.61. The number of hydrogen-bond acceptors (Lipinski definition) is 3. The highest BCUT2D eigenvalue weighted by molar-refractivity contribution is 7.14. The molecule has 0 unspecified atom stereocenters. The van der Waals surface area contributed by atoms with E-state index < -0.39 is 0 Å². The lowest BCUT2D eigenvalue weighted by molar-refractivity contribution is -0.111. The third kappa shape index (κ3) is 2.93.